The standard InChI is InChI=1S/C14H20N4O2/c1-3-16(2)13(19)10-17-8-9-18(14(17)20)12-6-4-11(15)5-7-12/h4-7H,3,8-10,15H2,1-2H3. The maximum Gasteiger partial charge on any atom is 0.325 e. The summed E-state index contributed by atoms with van der Waals surface area (Å²) in [5, 5.41) is 0. The summed E-state index contributed by atoms with van der Waals surface area (Å²) in [4.78, 5) is 29.0. The molecule has 0 aliphatic carbocycles. The van der Waals surface area contributed by atoms with Gasteiger partial charge in [0.15, 0.2) is 0 Å². The molecule has 108 valence electrons. The van der Waals surface area contributed by atoms with Crippen molar-refractivity contribution in [1.29, 1.82) is 0 Å². The number of carbonyl (C=O) groups excluding carboxylic acids is 2. The second-order valence-electron chi connectivity index (χ2n) is 4.86. The van der Waals surface area contributed by atoms with E-state index in [4.69, 9.17) is 5.73 Å². The number of benzene rings is 1. The Morgan fingerprint density at radius 3 is 2.55 bits per heavy atom. The number of likely N-dealkylation sites (N-methyl/N-ethyl adjacent to an activating group) is 1. The van der Waals surface area contributed by atoms with Crippen LogP contribution in [0.2, 0.25) is 0 Å². The van der Waals surface area contributed by atoms with Gasteiger partial charge in [-0.05, 0) is 31.2 Å². The summed E-state index contributed by atoms with van der Waals surface area (Å²) in [6.45, 7) is 3.83. The molecule has 3 amide bonds. The van der Waals surface area contributed by atoms with Crippen LogP contribution in [0.15, 0.2) is 24.3 Å². The van der Waals surface area contributed by atoms with Crippen molar-refractivity contribution in [3.63, 3.8) is 0 Å². The van der Waals surface area contributed by atoms with Gasteiger partial charge in [-0.15, -0.1) is 0 Å². The first kappa shape index (κ1) is 14.2. The van der Waals surface area contributed by atoms with Crippen LogP contribution >= 0.6 is 0 Å². The molecule has 2 rings (SSSR count). The number of hydrogen-bond acceptors (Lipinski definition) is 3. The topological polar surface area (TPSA) is 69.9 Å². The van der Waals surface area contributed by atoms with Gasteiger partial charge in [-0.25, -0.2) is 4.79 Å². The molecular formula is C14H20N4O2. The number of carbonyl (C=O) groups is 2. The van der Waals surface area contributed by atoms with Crippen LogP contribution in [0.1, 0.15) is 6.92 Å². The number of urea groups is 1. The van der Waals surface area contributed by atoms with Crippen molar-refractivity contribution in [2.24, 2.45) is 0 Å². The highest BCUT2D eigenvalue weighted by molar-refractivity contribution is 5.96. The molecule has 1 fully saturated rings. The Bertz CT molecular complexity index is 500. The first-order valence-corrected chi connectivity index (χ1v) is 6.69. The molecule has 0 radical (unpaired) electrons. The van der Waals surface area contributed by atoms with Gasteiger partial charge in [0.2, 0.25) is 5.91 Å². The van der Waals surface area contributed by atoms with Crippen LogP contribution in [0.3, 0.4) is 0 Å². The summed E-state index contributed by atoms with van der Waals surface area (Å²) < 4.78 is 0. The number of nitrogens with two attached hydrogens (primary N) is 1. The lowest BCUT2D eigenvalue weighted by molar-refractivity contribution is -0.130. The van der Waals surface area contributed by atoms with Crippen molar-refractivity contribution in [2.45, 2.75) is 6.92 Å². The minimum absolute atomic E-state index is 0.0417. The van der Waals surface area contributed by atoms with E-state index in [9.17, 15) is 9.59 Å². The molecule has 6 nitrogen and oxygen atoms in total. The maximum absolute atomic E-state index is 12.3. The van der Waals surface area contributed by atoms with E-state index < -0.39 is 0 Å². The smallest absolute Gasteiger partial charge is 0.325 e. The van der Waals surface area contributed by atoms with E-state index in [-0.39, 0.29) is 18.5 Å². The Morgan fingerprint density at radius 1 is 1.30 bits per heavy atom. The van der Waals surface area contributed by atoms with Gasteiger partial charge >= 0.3 is 6.03 Å². The van der Waals surface area contributed by atoms with Crippen LogP contribution in [0.25, 0.3) is 0 Å². The maximum atomic E-state index is 12.3. The molecule has 1 aromatic rings. The van der Waals surface area contributed by atoms with Crippen LogP contribution < -0.4 is 10.6 Å². The molecule has 6 heteroatoms. The van der Waals surface area contributed by atoms with Crippen molar-refractivity contribution in [3.8, 4) is 0 Å². The van der Waals surface area contributed by atoms with Crippen LogP contribution in [-0.4, -0.2) is 55.0 Å². The highest BCUT2D eigenvalue weighted by Gasteiger charge is 2.31. The Morgan fingerprint density at radius 2 is 1.95 bits per heavy atom. The zero-order valence-corrected chi connectivity index (χ0v) is 11.9. The number of anilines is 2. The lowest BCUT2D eigenvalue weighted by atomic mass is 10.2. The van der Waals surface area contributed by atoms with Crippen LogP contribution in [0.4, 0.5) is 16.2 Å². The predicted molar refractivity (Wildman–Crippen MR) is 78.5 cm³/mol. The number of rotatable bonds is 4. The lowest BCUT2D eigenvalue weighted by Crippen LogP contribution is -2.40. The van der Waals surface area contributed by atoms with Crippen molar-refractivity contribution < 1.29 is 9.59 Å². The molecule has 1 aliphatic rings. The highest BCUT2D eigenvalue weighted by atomic mass is 16.2. The summed E-state index contributed by atoms with van der Waals surface area (Å²) >= 11 is 0. The second-order valence-corrected chi connectivity index (χ2v) is 4.86. The molecule has 1 heterocycles. The molecule has 0 saturated carbocycles. The van der Waals surface area contributed by atoms with E-state index in [0.29, 0.717) is 25.3 Å². The normalized spacial score (nSPS) is 14.8. The van der Waals surface area contributed by atoms with E-state index in [2.05, 4.69) is 0 Å². The molecule has 0 unspecified atom stereocenters. The molecular weight excluding hydrogens is 256 g/mol. The van der Waals surface area contributed by atoms with Crippen molar-refractivity contribution in [3.05, 3.63) is 24.3 Å². The van der Waals surface area contributed by atoms with E-state index in [1.807, 2.05) is 19.1 Å². The Kier molecular flexibility index (Phi) is 4.12. The summed E-state index contributed by atoms with van der Waals surface area (Å²) in [6.07, 6.45) is 0. The largest absolute Gasteiger partial charge is 0.399 e. The van der Waals surface area contributed by atoms with Crippen molar-refractivity contribution >= 4 is 23.3 Å². The molecule has 0 atom stereocenters. The quantitative estimate of drug-likeness (QED) is 0.834. The number of amides is 3. The Labute approximate surface area is 118 Å². The molecule has 1 aliphatic heterocycles. The molecule has 1 aromatic carbocycles. The number of nitrogens with zero attached hydrogens (tertiary/aromatic N) is 3. The molecule has 2 N–H and O–H groups in total. The van der Waals surface area contributed by atoms with E-state index in [0.717, 1.165) is 5.69 Å². The average Bonchev–Trinajstić information content (AvgIpc) is 2.80. The van der Waals surface area contributed by atoms with Gasteiger partial charge in [0, 0.05) is 38.1 Å². The molecule has 0 aromatic heterocycles. The lowest BCUT2D eigenvalue weighted by Gasteiger charge is -2.21. The van der Waals surface area contributed by atoms with Crippen LogP contribution in [0.5, 0.6) is 0 Å². The first-order valence-electron chi connectivity index (χ1n) is 6.69. The zero-order valence-electron chi connectivity index (χ0n) is 11.9. The fraction of sp³-hybridized carbons (Fsp3) is 0.429. The first-order chi connectivity index (χ1) is 9.52. The molecule has 0 bridgehead atoms. The van der Waals surface area contributed by atoms with Gasteiger partial charge in [-0.3, -0.25) is 9.69 Å². The molecule has 1 saturated heterocycles. The summed E-state index contributed by atoms with van der Waals surface area (Å²) in [5.74, 6) is -0.0417. The van der Waals surface area contributed by atoms with Crippen LogP contribution in [-0.2, 0) is 4.79 Å². The summed E-state index contributed by atoms with van der Waals surface area (Å²) in [5.41, 5.74) is 7.11. The fourth-order valence-corrected chi connectivity index (χ4v) is 2.08. The third kappa shape index (κ3) is 2.84. The third-order valence-electron chi connectivity index (χ3n) is 3.53. The third-order valence-corrected chi connectivity index (χ3v) is 3.53. The van der Waals surface area contributed by atoms with Crippen molar-refractivity contribution in [1.82, 2.24) is 9.80 Å². The van der Waals surface area contributed by atoms with Gasteiger partial charge in [-0.2, -0.15) is 0 Å². The van der Waals surface area contributed by atoms with E-state index in [1.165, 1.54) is 0 Å². The Hall–Kier alpha value is -2.24. The zero-order chi connectivity index (χ0) is 14.7. The minimum atomic E-state index is -0.132. The Balaban J connectivity index is 2.02. The molecule has 20 heavy (non-hydrogen) atoms. The van der Waals surface area contributed by atoms with E-state index >= 15 is 0 Å². The number of nitrogen functional groups attached to an aromatic ring is 1. The van der Waals surface area contributed by atoms with Gasteiger partial charge in [0.1, 0.15) is 6.54 Å². The fourth-order valence-electron chi connectivity index (χ4n) is 2.08. The van der Waals surface area contributed by atoms with Gasteiger partial charge < -0.3 is 15.5 Å². The monoisotopic (exact) mass is 276 g/mol. The predicted octanol–water partition coefficient (Wildman–Crippen LogP) is 0.989. The van der Waals surface area contributed by atoms with Crippen LogP contribution in [0, 0.1) is 0 Å². The van der Waals surface area contributed by atoms with Gasteiger partial charge in [-0.1, -0.05) is 0 Å². The summed E-state index contributed by atoms with van der Waals surface area (Å²) in [6, 6.07) is 7.03. The average molecular weight is 276 g/mol. The minimum Gasteiger partial charge on any atom is -0.399 e. The molecule has 0 spiro atoms. The SMILES string of the molecule is CCN(C)C(=O)CN1CCN(c2ccc(N)cc2)C1=O. The van der Waals surface area contributed by atoms with E-state index in [1.54, 1.807) is 33.9 Å². The summed E-state index contributed by atoms with van der Waals surface area (Å²) in [7, 11) is 1.74. The highest BCUT2D eigenvalue weighted by Crippen LogP contribution is 2.21. The second kappa shape index (κ2) is 5.81. The van der Waals surface area contributed by atoms with Gasteiger partial charge in [0.05, 0.1) is 0 Å². The van der Waals surface area contributed by atoms with Gasteiger partial charge in [0.25, 0.3) is 0 Å². The number of hydrogen-bond donors (Lipinski definition) is 1. The van der Waals surface area contributed by atoms with Crippen molar-refractivity contribution in [2.75, 3.05) is 43.9 Å².